The van der Waals surface area contributed by atoms with Crippen molar-refractivity contribution >= 4 is 0 Å². The fraction of sp³-hybridized carbons (Fsp3) is 1.00. The molecule has 0 aromatic heterocycles. The van der Waals surface area contributed by atoms with Crippen LogP contribution in [0.3, 0.4) is 0 Å². The molecule has 0 aliphatic carbocycles. The Morgan fingerprint density at radius 1 is 0.905 bits per heavy atom. The standard InChI is InChI=1S/C17H38N2O2/c1-6-9-17(15-18-14-16(4)5)19(10-12-20-7-2)11-13-21-8-3/h16-18H,6-15H2,1-5H3. The minimum Gasteiger partial charge on any atom is -0.380 e. The summed E-state index contributed by atoms with van der Waals surface area (Å²) < 4.78 is 11.1. The van der Waals surface area contributed by atoms with E-state index in [9.17, 15) is 0 Å². The van der Waals surface area contributed by atoms with Gasteiger partial charge in [0.05, 0.1) is 13.2 Å². The van der Waals surface area contributed by atoms with Crippen molar-refractivity contribution in [1.82, 2.24) is 10.2 Å². The Morgan fingerprint density at radius 2 is 1.48 bits per heavy atom. The molecule has 1 atom stereocenters. The molecule has 0 amide bonds. The Morgan fingerprint density at radius 3 is 1.90 bits per heavy atom. The van der Waals surface area contributed by atoms with E-state index in [2.05, 4.69) is 44.8 Å². The van der Waals surface area contributed by atoms with Crippen LogP contribution in [0.4, 0.5) is 0 Å². The summed E-state index contributed by atoms with van der Waals surface area (Å²) in [5, 5.41) is 3.61. The van der Waals surface area contributed by atoms with E-state index in [1.54, 1.807) is 0 Å². The van der Waals surface area contributed by atoms with Crippen LogP contribution in [0, 0.1) is 5.92 Å². The largest absolute Gasteiger partial charge is 0.380 e. The van der Waals surface area contributed by atoms with E-state index in [1.807, 2.05) is 0 Å². The van der Waals surface area contributed by atoms with Crippen molar-refractivity contribution in [3.8, 4) is 0 Å². The summed E-state index contributed by atoms with van der Waals surface area (Å²) in [6.07, 6.45) is 2.44. The Bertz CT molecular complexity index is 203. The van der Waals surface area contributed by atoms with E-state index in [1.165, 1.54) is 12.8 Å². The number of nitrogens with one attached hydrogen (secondary N) is 1. The fourth-order valence-electron chi connectivity index (χ4n) is 2.41. The van der Waals surface area contributed by atoms with E-state index in [-0.39, 0.29) is 0 Å². The molecule has 21 heavy (non-hydrogen) atoms. The van der Waals surface area contributed by atoms with Crippen LogP contribution in [-0.2, 0) is 9.47 Å². The molecule has 0 aliphatic heterocycles. The molecule has 0 aromatic rings. The van der Waals surface area contributed by atoms with Crippen LogP contribution in [0.1, 0.15) is 47.5 Å². The predicted molar refractivity (Wildman–Crippen MR) is 91.0 cm³/mol. The number of hydrogen-bond acceptors (Lipinski definition) is 4. The third kappa shape index (κ3) is 12.1. The van der Waals surface area contributed by atoms with Crippen LogP contribution in [0.15, 0.2) is 0 Å². The maximum absolute atomic E-state index is 5.54. The Labute approximate surface area is 132 Å². The molecule has 0 bridgehead atoms. The van der Waals surface area contributed by atoms with Crippen molar-refractivity contribution in [3.05, 3.63) is 0 Å². The highest BCUT2D eigenvalue weighted by atomic mass is 16.5. The molecule has 0 spiro atoms. The monoisotopic (exact) mass is 302 g/mol. The van der Waals surface area contributed by atoms with Crippen LogP contribution in [0.5, 0.6) is 0 Å². The molecule has 1 N–H and O–H groups in total. The highest BCUT2D eigenvalue weighted by Crippen LogP contribution is 2.07. The minimum absolute atomic E-state index is 0.578. The summed E-state index contributed by atoms with van der Waals surface area (Å²) in [6, 6.07) is 0.578. The van der Waals surface area contributed by atoms with E-state index in [0.29, 0.717) is 12.0 Å². The lowest BCUT2D eigenvalue weighted by molar-refractivity contribution is 0.0599. The van der Waals surface area contributed by atoms with Gasteiger partial charge in [0, 0.05) is 38.9 Å². The lowest BCUT2D eigenvalue weighted by atomic mass is 10.1. The van der Waals surface area contributed by atoms with Crippen molar-refractivity contribution in [2.24, 2.45) is 5.92 Å². The van der Waals surface area contributed by atoms with Crippen molar-refractivity contribution in [2.45, 2.75) is 53.5 Å². The van der Waals surface area contributed by atoms with Crippen LogP contribution in [0.25, 0.3) is 0 Å². The van der Waals surface area contributed by atoms with Crippen molar-refractivity contribution < 1.29 is 9.47 Å². The highest BCUT2D eigenvalue weighted by Gasteiger charge is 2.17. The Kier molecular flexibility index (Phi) is 14.7. The molecule has 0 rings (SSSR count). The fourth-order valence-corrected chi connectivity index (χ4v) is 2.41. The summed E-state index contributed by atoms with van der Waals surface area (Å²) >= 11 is 0. The molecule has 0 radical (unpaired) electrons. The maximum atomic E-state index is 5.54. The van der Waals surface area contributed by atoms with Crippen LogP contribution >= 0.6 is 0 Å². The predicted octanol–water partition coefficient (Wildman–Crippen LogP) is 2.78. The van der Waals surface area contributed by atoms with E-state index in [0.717, 1.165) is 52.6 Å². The third-order valence-electron chi connectivity index (χ3n) is 3.52. The third-order valence-corrected chi connectivity index (χ3v) is 3.52. The van der Waals surface area contributed by atoms with E-state index in [4.69, 9.17) is 9.47 Å². The maximum Gasteiger partial charge on any atom is 0.0593 e. The van der Waals surface area contributed by atoms with Crippen molar-refractivity contribution in [2.75, 3.05) is 52.6 Å². The second kappa shape index (κ2) is 14.8. The molecule has 4 heteroatoms. The second-order valence-corrected chi connectivity index (χ2v) is 5.92. The van der Waals surface area contributed by atoms with Crippen LogP contribution in [-0.4, -0.2) is 63.5 Å². The molecule has 0 heterocycles. The van der Waals surface area contributed by atoms with E-state index >= 15 is 0 Å². The average molecular weight is 303 g/mol. The van der Waals surface area contributed by atoms with Gasteiger partial charge >= 0.3 is 0 Å². The highest BCUT2D eigenvalue weighted by molar-refractivity contribution is 4.74. The lowest BCUT2D eigenvalue weighted by Gasteiger charge is -2.32. The molecule has 128 valence electrons. The van der Waals surface area contributed by atoms with Gasteiger partial charge in [-0.1, -0.05) is 27.2 Å². The zero-order valence-electron chi connectivity index (χ0n) is 15.0. The zero-order valence-corrected chi connectivity index (χ0v) is 15.0. The number of nitrogens with zero attached hydrogens (tertiary/aromatic N) is 1. The van der Waals surface area contributed by atoms with Crippen LogP contribution in [0.2, 0.25) is 0 Å². The number of hydrogen-bond donors (Lipinski definition) is 1. The Hall–Kier alpha value is -0.160. The first-order valence-corrected chi connectivity index (χ1v) is 8.75. The molecular weight excluding hydrogens is 264 g/mol. The average Bonchev–Trinajstić information content (AvgIpc) is 2.45. The van der Waals surface area contributed by atoms with Gasteiger partial charge < -0.3 is 14.8 Å². The van der Waals surface area contributed by atoms with Gasteiger partial charge in [0.2, 0.25) is 0 Å². The van der Waals surface area contributed by atoms with Crippen molar-refractivity contribution in [3.63, 3.8) is 0 Å². The smallest absolute Gasteiger partial charge is 0.0593 e. The molecule has 1 unspecified atom stereocenters. The summed E-state index contributed by atoms with van der Waals surface area (Å²) in [5.41, 5.74) is 0. The topological polar surface area (TPSA) is 33.7 Å². The van der Waals surface area contributed by atoms with Gasteiger partial charge in [-0.2, -0.15) is 0 Å². The first-order valence-electron chi connectivity index (χ1n) is 8.75. The minimum atomic E-state index is 0.578. The van der Waals surface area contributed by atoms with Gasteiger partial charge in [0.15, 0.2) is 0 Å². The Balaban J connectivity index is 4.34. The zero-order chi connectivity index (χ0) is 15.9. The van der Waals surface area contributed by atoms with Gasteiger partial charge in [0.1, 0.15) is 0 Å². The van der Waals surface area contributed by atoms with Gasteiger partial charge in [0.25, 0.3) is 0 Å². The molecule has 4 nitrogen and oxygen atoms in total. The lowest BCUT2D eigenvalue weighted by Crippen LogP contribution is -2.46. The quantitative estimate of drug-likeness (QED) is 0.472. The molecule has 0 fully saturated rings. The first kappa shape index (κ1) is 20.8. The number of rotatable bonds is 15. The summed E-state index contributed by atoms with van der Waals surface area (Å²) in [5.74, 6) is 0.701. The number of ether oxygens (including phenoxy) is 2. The van der Waals surface area contributed by atoms with Gasteiger partial charge in [-0.25, -0.2) is 0 Å². The first-order chi connectivity index (χ1) is 10.2. The van der Waals surface area contributed by atoms with Crippen LogP contribution < -0.4 is 5.32 Å². The molecule has 0 saturated carbocycles. The molecule has 0 saturated heterocycles. The van der Waals surface area contributed by atoms with Crippen molar-refractivity contribution in [1.29, 1.82) is 0 Å². The normalized spacial score (nSPS) is 13.3. The van der Waals surface area contributed by atoms with Gasteiger partial charge in [-0.15, -0.1) is 0 Å². The molecule has 0 aliphatic rings. The molecule has 0 aromatic carbocycles. The van der Waals surface area contributed by atoms with Gasteiger partial charge in [-0.05, 0) is 32.7 Å². The summed E-state index contributed by atoms with van der Waals surface area (Å²) in [4.78, 5) is 2.53. The summed E-state index contributed by atoms with van der Waals surface area (Å²) in [6.45, 7) is 18.2. The SMILES string of the molecule is CCCC(CNCC(C)C)N(CCOCC)CCOCC. The summed E-state index contributed by atoms with van der Waals surface area (Å²) in [7, 11) is 0. The second-order valence-electron chi connectivity index (χ2n) is 5.92. The van der Waals surface area contributed by atoms with E-state index < -0.39 is 0 Å². The van der Waals surface area contributed by atoms with Gasteiger partial charge in [-0.3, -0.25) is 4.90 Å². The molecular formula is C17H38N2O2.